The molecule has 0 saturated carbocycles. The van der Waals surface area contributed by atoms with Gasteiger partial charge in [-0.3, -0.25) is 9.59 Å². The van der Waals surface area contributed by atoms with Gasteiger partial charge in [-0.05, 0) is 49.7 Å². The van der Waals surface area contributed by atoms with E-state index in [2.05, 4.69) is 0 Å². The largest absolute Gasteiger partial charge is 0.507 e. The van der Waals surface area contributed by atoms with E-state index in [9.17, 15) is 14.7 Å². The fourth-order valence-corrected chi connectivity index (χ4v) is 3.81. The molecule has 2 aromatic carbocycles. The third-order valence-electron chi connectivity index (χ3n) is 5.07. The van der Waals surface area contributed by atoms with E-state index in [0.717, 1.165) is 0 Å². The number of aliphatic hydroxyl groups is 1. The van der Waals surface area contributed by atoms with Crippen molar-refractivity contribution >= 4 is 29.1 Å². The number of ketones is 1. The quantitative estimate of drug-likeness (QED) is 0.361. The minimum atomic E-state index is -0.805. The summed E-state index contributed by atoms with van der Waals surface area (Å²) < 4.78 is 16.0. The minimum absolute atomic E-state index is 0.00314. The first-order valence-corrected chi connectivity index (χ1v) is 10.5. The Labute approximate surface area is 192 Å². The highest BCUT2D eigenvalue weighted by Gasteiger charge is 2.46. The first kappa shape index (κ1) is 23.6. The molecule has 1 unspecified atom stereocenters. The van der Waals surface area contributed by atoms with Crippen LogP contribution >= 0.6 is 11.6 Å². The van der Waals surface area contributed by atoms with E-state index in [1.807, 2.05) is 13.8 Å². The van der Waals surface area contributed by atoms with Crippen molar-refractivity contribution < 1.29 is 28.9 Å². The van der Waals surface area contributed by atoms with Crippen LogP contribution in [0, 0.1) is 0 Å². The van der Waals surface area contributed by atoms with E-state index in [1.165, 1.54) is 25.2 Å². The number of ether oxygens (including phenoxy) is 3. The summed E-state index contributed by atoms with van der Waals surface area (Å²) in [5.41, 5.74) is 0.816. The van der Waals surface area contributed by atoms with E-state index in [1.54, 1.807) is 36.4 Å². The third-order valence-corrected chi connectivity index (χ3v) is 5.40. The molecule has 0 aromatic heterocycles. The van der Waals surface area contributed by atoms with E-state index >= 15 is 0 Å². The SMILES string of the molecule is COCCN1C(=O)C(=O)/C(=C(/O)c2cc(OC)ccc2Cl)C1c1ccc(OC(C)C)cc1. The lowest BCUT2D eigenvalue weighted by molar-refractivity contribution is -0.140. The number of benzene rings is 2. The molecule has 0 aliphatic carbocycles. The summed E-state index contributed by atoms with van der Waals surface area (Å²) in [6.45, 7) is 4.26. The summed E-state index contributed by atoms with van der Waals surface area (Å²) in [5, 5.41) is 11.4. The topological polar surface area (TPSA) is 85.3 Å². The Kier molecular flexibility index (Phi) is 7.43. The average Bonchev–Trinajstić information content (AvgIpc) is 3.02. The monoisotopic (exact) mass is 459 g/mol. The van der Waals surface area contributed by atoms with Gasteiger partial charge < -0.3 is 24.2 Å². The van der Waals surface area contributed by atoms with E-state index in [-0.39, 0.29) is 41.2 Å². The fourth-order valence-electron chi connectivity index (χ4n) is 3.61. The van der Waals surface area contributed by atoms with Gasteiger partial charge in [0.15, 0.2) is 0 Å². The molecule has 2 aromatic rings. The Hall–Kier alpha value is -3.03. The van der Waals surface area contributed by atoms with Gasteiger partial charge in [-0.25, -0.2) is 0 Å². The van der Waals surface area contributed by atoms with Gasteiger partial charge in [-0.1, -0.05) is 23.7 Å². The number of likely N-dealkylation sites (tertiary alicyclic amines) is 1. The number of amides is 1. The van der Waals surface area contributed by atoms with Crippen LogP contribution in [-0.4, -0.2) is 55.2 Å². The molecule has 8 heteroatoms. The maximum absolute atomic E-state index is 13.0. The Bertz CT molecular complexity index is 1030. The normalized spacial score (nSPS) is 17.8. The van der Waals surface area contributed by atoms with Crippen molar-refractivity contribution in [2.45, 2.75) is 26.0 Å². The van der Waals surface area contributed by atoms with E-state index in [4.69, 9.17) is 25.8 Å². The predicted octanol–water partition coefficient (Wildman–Crippen LogP) is 4.20. The number of methoxy groups -OCH3 is 2. The van der Waals surface area contributed by atoms with Crippen LogP contribution in [0.2, 0.25) is 5.02 Å². The molecule has 1 aliphatic rings. The molecule has 1 saturated heterocycles. The zero-order valence-corrected chi connectivity index (χ0v) is 19.2. The summed E-state index contributed by atoms with van der Waals surface area (Å²) in [7, 11) is 3.00. The van der Waals surface area contributed by atoms with Crippen LogP contribution in [-0.2, 0) is 14.3 Å². The Morgan fingerprint density at radius 2 is 1.75 bits per heavy atom. The molecule has 1 amide bonds. The highest BCUT2D eigenvalue weighted by atomic mass is 35.5. The summed E-state index contributed by atoms with van der Waals surface area (Å²) in [4.78, 5) is 27.3. The van der Waals surface area contributed by atoms with Crippen molar-refractivity contribution in [1.82, 2.24) is 4.90 Å². The third kappa shape index (κ3) is 4.74. The first-order chi connectivity index (χ1) is 15.3. The molecule has 1 fully saturated rings. The standard InChI is InChI=1S/C24H26ClNO6/c1-14(2)32-16-7-5-15(6-8-16)21-20(23(28)24(29)26(21)11-12-30-3)22(27)18-13-17(31-4)9-10-19(18)25/h5-10,13-14,21,27H,11-12H2,1-4H3/b22-20+. The second-order valence-electron chi connectivity index (χ2n) is 7.57. The molecule has 170 valence electrons. The second kappa shape index (κ2) is 10.1. The van der Waals surface area contributed by atoms with Gasteiger partial charge >= 0.3 is 0 Å². The maximum atomic E-state index is 13.0. The molecule has 32 heavy (non-hydrogen) atoms. The molecule has 3 rings (SSSR count). The van der Waals surface area contributed by atoms with Crippen LogP contribution in [0.25, 0.3) is 5.76 Å². The van der Waals surface area contributed by atoms with Crippen molar-refractivity contribution in [2.75, 3.05) is 27.4 Å². The number of carbonyl (C=O) groups is 2. The van der Waals surface area contributed by atoms with E-state index in [0.29, 0.717) is 17.1 Å². The number of hydrogen-bond acceptors (Lipinski definition) is 6. The van der Waals surface area contributed by atoms with Crippen LogP contribution in [0.5, 0.6) is 11.5 Å². The molecule has 0 bridgehead atoms. The highest BCUT2D eigenvalue weighted by Crippen LogP contribution is 2.41. The summed E-state index contributed by atoms with van der Waals surface area (Å²) in [5.74, 6) is -0.746. The van der Waals surface area contributed by atoms with Crippen molar-refractivity contribution in [3.63, 3.8) is 0 Å². The lowest BCUT2D eigenvalue weighted by Crippen LogP contribution is -2.32. The molecule has 0 radical (unpaired) electrons. The van der Waals surface area contributed by atoms with Crippen LogP contribution < -0.4 is 9.47 Å². The molecular formula is C24H26ClNO6. The molecule has 1 N–H and O–H groups in total. The molecule has 1 heterocycles. The lowest BCUT2D eigenvalue weighted by atomic mass is 9.95. The summed E-state index contributed by atoms with van der Waals surface area (Å²) in [6.07, 6.45) is 0.00314. The van der Waals surface area contributed by atoms with Crippen molar-refractivity contribution in [3.8, 4) is 11.5 Å². The zero-order valence-electron chi connectivity index (χ0n) is 18.4. The Morgan fingerprint density at radius 1 is 1.09 bits per heavy atom. The van der Waals surface area contributed by atoms with Gasteiger partial charge in [0.2, 0.25) is 0 Å². The molecule has 1 atom stereocenters. The van der Waals surface area contributed by atoms with Gasteiger partial charge in [0, 0.05) is 19.2 Å². The number of carbonyl (C=O) groups excluding carboxylic acids is 2. The van der Waals surface area contributed by atoms with Crippen LogP contribution in [0.15, 0.2) is 48.0 Å². The van der Waals surface area contributed by atoms with Crippen molar-refractivity contribution in [3.05, 3.63) is 64.2 Å². The maximum Gasteiger partial charge on any atom is 0.295 e. The number of hydrogen-bond donors (Lipinski definition) is 1. The number of nitrogens with zero attached hydrogens (tertiary/aromatic N) is 1. The lowest BCUT2D eigenvalue weighted by Gasteiger charge is -2.25. The number of halogens is 1. The highest BCUT2D eigenvalue weighted by molar-refractivity contribution is 6.47. The Morgan fingerprint density at radius 3 is 2.34 bits per heavy atom. The zero-order chi connectivity index (χ0) is 23.4. The van der Waals surface area contributed by atoms with Gasteiger partial charge in [0.1, 0.15) is 17.3 Å². The van der Waals surface area contributed by atoms with Crippen LogP contribution in [0.1, 0.15) is 31.0 Å². The molecule has 7 nitrogen and oxygen atoms in total. The number of Topliss-reactive ketones (excluding diaryl/α,β-unsaturated/α-hetero) is 1. The first-order valence-electron chi connectivity index (χ1n) is 10.2. The molecular weight excluding hydrogens is 434 g/mol. The summed E-state index contributed by atoms with van der Waals surface area (Å²) in [6, 6.07) is 11.0. The fraction of sp³-hybridized carbons (Fsp3) is 0.333. The summed E-state index contributed by atoms with van der Waals surface area (Å²) >= 11 is 6.30. The van der Waals surface area contributed by atoms with Gasteiger partial charge in [-0.15, -0.1) is 0 Å². The molecule has 1 aliphatic heterocycles. The minimum Gasteiger partial charge on any atom is -0.507 e. The van der Waals surface area contributed by atoms with Gasteiger partial charge in [-0.2, -0.15) is 0 Å². The molecule has 0 spiro atoms. The number of aliphatic hydroxyl groups excluding tert-OH is 1. The predicted molar refractivity (Wildman–Crippen MR) is 121 cm³/mol. The Balaban J connectivity index is 2.14. The van der Waals surface area contributed by atoms with E-state index < -0.39 is 17.7 Å². The second-order valence-corrected chi connectivity index (χ2v) is 7.97. The average molecular weight is 460 g/mol. The van der Waals surface area contributed by atoms with Crippen LogP contribution in [0.4, 0.5) is 0 Å². The van der Waals surface area contributed by atoms with Gasteiger partial charge in [0.25, 0.3) is 11.7 Å². The van der Waals surface area contributed by atoms with Crippen molar-refractivity contribution in [2.24, 2.45) is 0 Å². The number of rotatable bonds is 8. The smallest absolute Gasteiger partial charge is 0.295 e. The van der Waals surface area contributed by atoms with Gasteiger partial charge in [0.05, 0.1) is 36.5 Å². The van der Waals surface area contributed by atoms with Crippen LogP contribution in [0.3, 0.4) is 0 Å². The van der Waals surface area contributed by atoms with Crippen molar-refractivity contribution in [1.29, 1.82) is 0 Å².